The maximum atomic E-state index is 13.1. The van der Waals surface area contributed by atoms with Gasteiger partial charge in [0, 0.05) is 31.9 Å². The van der Waals surface area contributed by atoms with Gasteiger partial charge in [0.15, 0.2) is 5.75 Å². The number of aliphatic hydroxyl groups is 1. The van der Waals surface area contributed by atoms with Crippen molar-refractivity contribution in [3.05, 3.63) is 60.2 Å². The summed E-state index contributed by atoms with van der Waals surface area (Å²) in [6, 6.07) is 7.32. The molecule has 0 saturated heterocycles. The molecule has 2 aromatic heterocycles. The van der Waals surface area contributed by atoms with Crippen LogP contribution in [0.25, 0.3) is 0 Å². The Labute approximate surface area is 202 Å². The maximum Gasteiger partial charge on any atom is 0.270 e. The predicted octanol–water partition coefficient (Wildman–Crippen LogP) is 1.88. The zero-order valence-electron chi connectivity index (χ0n) is 19.8. The largest absolute Gasteiger partial charge is 0.489 e. The number of aromatic nitrogens is 3. The number of amides is 2. The molecule has 35 heavy (non-hydrogen) atoms. The molecule has 1 aliphatic heterocycles. The van der Waals surface area contributed by atoms with Gasteiger partial charge in [0.2, 0.25) is 0 Å². The first-order valence-corrected chi connectivity index (χ1v) is 10.8. The van der Waals surface area contributed by atoms with Gasteiger partial charge in [-0.1, -0.05) is 11.8 Å². The van der Waals surface area contributed by atoms with Crippen LogP contribution >= 0.6 is 0 Å². The monoisotopic (exact) mass is 475 g/mol. The number of nitrogens with zero attached hydrogens (tertiary/aromatic N) is 4. The second-order valence-corrected chi connectivity index (χ2v) is 8.55. The summed E-state index contributed by atoms with van der Waals surface area (Å²) in [6.07, 6.45) is 4.69. The van der Waals surface area contributed by atoms with E-state index in [2.05, 4.69) is 27.2 Å². The first-order valence-electron chi connectivity index (χ1n) is 10.8. The van der Waals surface area contributed by atoms with Crippen LogP contribution in [-0.4, -0.2) is 57.0 Å². The molecule has 2 amide bonds. The Hall–Kier alpha value is -4.36. The highest BCUT2D eigenvalue weighted by molar-refractivity contribution is 6.03. The summed E-state index contributed by atoms with van der Waals surface area (Å²) >= 11 is 0. The van der Waals surface area contributed by atoms with Gasteiger partial charge >= 0.3 is 0 Å². The minimum Gasteiger partial charge on any atom is -0.489 e. The van der Waals surface area contributed by atoms with Gasteiger partial charge in [0.25, 0.3) is 11.8 Å². The number of likely N-dealkylation sites (N-methyl/N-ethyl adjacent to an activating group) is 1. The lowest BCUT2D eigenvalue weighted by atomic mass is 10.1. The van der Waals surface area contributed by atoms with Gasteiger partial charge in [-0.3, -0.25) is 19.3 Å². The fraction of sp³-hybridized carbons (Fsp3) is 0.280. The Morgan fingerprint density at radius 3 is 2.77 bits per heavy atom. The SMILES string of the molecule is CN1C(=O)[C@@H](NC(=O)c2cc(Oc3cnn(C)c3)ccn2)COc2ccc(C#CC(C)(C)O)cc21. The molecule has 1 aliphatic rings. The number of hydrogen-bond acceptors (Lipinski definition) is 7. The molecule has 3 aromatic rings. The number of fused-ring (bicyclic) bond motifs is 1. The van der Waals surface area contributed by atoms with E-state index in [0.717, 1.165) is 0 Å². The highest BCUT2D eigenvalue weighted by Crippen LogP contribution is 2.31. The molecule has 10 heteroatoms. The number of benzene rings is 1. The van der Waals surface area contributed by atoms with Gasteiger partial charge in [0.1, 0.15) is 35.4 Å². The standard InChI is InChI=1S/C25H25N5O5/c1-25(2,33)9-7-16-5-6-22-21(11-16)30(4)24(32)20(15-34-22)28-23(31)19-12-17(8-10-26-19)35-18-13-27-29(3)14-18/h5-6,8,10-14,20,33H,15H2,1-4H3,(H,28,31)/t20-/m0/s1. The minimum atomic E-state index is -1.14. The highest BCUT2D eigenvalue weighted by atomic mass is 16.5. The van der Waals surface area contributed by atoms with Crippen LogP contribution in [0.3, 0.4) is 0 Å². The molecule has 0 unspecified atom stereocenters. The van der Waals surface area contributed by atoms with Crippen molar-refractivity contribution in [2.24, 2.45) is 7.05 Å². The number of carbonyl (C=O) groups is 2. The molecule has 0 bridgehead atoms. The average Bonchev–Trinajstić information content (AvgIpc) is 3.18. The molecule has 10 nitrogen and oxygen atoms in total. The topological polar surface area (TPSA) is 119 Å². The van der Waals surface area contributed by atoms with E-state index in [9.17, 15) is 14.7 Å². The van der Waals surface area contributed by atoms with Crippen LogP contribution in [0, 0.1) is 11.8 Å². The molecule has 3 heterocycles. The molecule has 1 atom stereocenters. The number of pyridine rings is 1. The third kappa shape index (κ3) is 5.77. The van der Waals surface area contributed by atoms with Crippen molar-refractivity contribution >= 4 is 17.5 Å². The number of rotatable bonds is 4. The summed E-state index contributed by atoms with van der Waals surface area (Å²) in [4.78, 5) is 31.5. The maximum absolute atomic E-state index is 13.1. The number of carbonyl (C=O) groups excluding carboxylic acids is 2. The summed E-state index contributed by atoms with van der Waals surface area (Å²) in [6.45, 7) is 3.12. The van der Waals surface area contributed by atoms with E-state index in [4.69, 9.17) is 9.47 Å². The van der Waals surface area contributed by atoms with Gasteiger partial charge in [-0.05, 0) is 38.1 Å². The van der Waals surface area contributed by atoms with E-state index in [1.54, 1.807) is 69.3 Å². The fourth-order valence-corrected chi connectivity index (χ4v) is 3.32. The van der Waals surface area contributed by atoms with E-state index in [1.807, 2.05) is 0 Å². The number of anilines is 1. The Bertz CT molecular complexity index is 1330. The third-order valence-electron chi connectivity index (χ3n) is 5.05. The predicted molar refractivity (Wildman–Crippen MR) is 127 cm³/mol. The van der Waals surface area contributed by atoms with Gasteiger partial charge in [-0.2, -0.15) is 5.10 Å². The molecule has 2 N–H and O–H groups in total. The Morgan fingerprint density at radius 1 is 1.26 bits per heavy atom. The number of ether oxygens (including phenoxy) is 2. The Balaban J connectivity index is 1.48. The van der Waals surface area contributed by atoms with E-state index < -0.39 is 17.6 Å². The summed E-state index contributed by atoms with van der Waals surface area (Å²) in [5.74, 6) is 6.15. The zero-order valence-corrected chi connectivity index (χ0v) is 19.8. The summed E-state index contributed by atoms with van der Waals surface area (Å²) in [5, 5.41) is 16.6. The van der Waals surface area contributed by atoms with Crippen molar-refractivity contribution < 1.29 is 24.2 Å². The number of nitrogens with one attached hydrogen (secondary N) is 1. The van der Waals surface area contributed by atoms with Crippen molar-refractivity contribution in [1.29, 1.82) is 0 Å². The smallest absolute Gasteiger partial charge is 0.270 e. The van der Waals surface area contributed by atoms with Crippen molar-refractivity contribution in [2.75, 3.05) is 18.6 Å². The van der Waals surface area contributed by atoms with Gasteiger partial charge in [0.05, 0.1) is 18.1 Å². The average molecular weight is 476 g/mol. The van der Waals surface area contributed by atoms with Gasteiger partial charge < -0.3 is 24.8 Å². The van der Waals surface area contributed by atoms with Crippen LogP contribution in [0.1, 0.15) is 29.9 Å². The second-order valence-electron chi connectivity index (χ2n) is 8.55. The molecule has 1 aromatic carbocycles. The highest BCUT2D eigenvalue weighted by Gasteiger charge is 2.31. The number of hydrogen-bond donors (Lipinski definition) is 2. The molecule has 4 rings (SSSR count). The van der Waals surface area contributed by atoms with Crippen LogP contribution in [0.5, 0.6) is 17.2 Å². The summed E-state index contributed by atoms with van der Waals surface area (Å²) < 4.78 is 13.1. The quantitative estimate of drug-likeness (QED) is 0.553. The first kappa shape index (κ1) is 23.8. The van der Waals surface area contributed by atoms with E-state index in [0.29, 0.717) is 28.5 Å². The summed E-state index contributed by atoms with van der Waals surface area (Å²) in [7, 11) is 3.37. The molecule has 0 radical (unpaired) electrons. The van der Waals surface area contributed by atoms with Crippen LogP contribution in [0.15, 0.2) is 48.9 Å². The van der Waals surface area contributed by atoms with Crippen molar-refractivity contribution in [2.45, 2.75) is 25.5 Å². The molecule has 180 valence electrons. The first-order chi connectivity index (χ1) is 16.6. The van der Waals surface area contributed by atoms with Crippen LogP contribution in [-0.2, 0) is 11.8 Å². The lowest BCUT2D eigenvalue weighted by Crippen LogP contribution is -2.49. The Kier molecular flexibility index (Phi) is 6.44. The molecule has 0 spiro atoms. The third-order valence-corrected chi connectivity index (χ3v) is 5.05. The van der Waals surface area contributed by atoms with Gasteiger partial charge in [-0.25, -0.2) is 0 Å². The Morgan fingerprint density at radius 2 is 2.06 bits per heavy atom. The van der Waals surface area contributed by atoms with Crippen molar-refractivity contribution in [3.8, 4) is 29.1 Å². The van der Waals surface area contributed by atoms with Crippen LogP contribution < -0.4 is 19.7 Å². The molecular formula is C25H25N5O5. The molecule has 0 saturated carbocycles. The summed E-state index contributed by atoms with van der Waals surface area (Å²) in [5.41, 5.74) is 0.0766. The van der Waals surface area contributed by atoms with Crippen LogP contribution in [0.2, 0.25) is 0 Å². The molecular weight excluding hydrogens is 450 g/mol. The number of aryl methyl sites for hydroxylation is 1. The van der Waals surface area contributed by atoms with E-state index >= 15 is 0 Å². The van der Waals surface area contributed by atoms with Gasteiger partial charge in [-0.15, -0.1) is 0 Å². The van der Waals surface area contributed by atoms with Crippen molar-refractivity contribution in [3.63, 3.8) is 0 Å². The fourth-order valence-electron chi connectivity index (χ4n) is 3.32. The van der Waals surface area contributed by atoms with Crippen LogP contribution in [0.4, 0.5) is 5.69 Å². The second kappa shape index (κ2) is 9.48. The minimum absolute atomic E-state index is 0.0531. The molecule has 0 aliphatic carbocycles. The molecule has 0 fully saturated rings. The zero-order chi connectivity index (χ0) is 25.2. The van der Waals surface area contributed by atoms with E-state index in [-0.39, 0.29) is 18.2 Å². The van der Waals surface area contributed by atoms with Crippen molar-refractivity contribution in [1.82, 2.24) is 20.1 Å². The normalized spacial score (nSPS) is 15.3. The lowest BCUT2D eigenvalue weighted by Gasteiger charge is -2.20. The van der Waals surface area contributed by atoms with E-state index in [1.165, 1.54) is 17.2 Å². The lowest BCUT2D eigenvalue weighted by molar-refractivity contribution is -0.120.